The van der Waals surface area contributed by atoms with E-state index in [1.165, 1.54) is 0 Å². The summed E-state index contributed by atoms with van der Waals surface area (Å²) in [6, 6.07) is 6.28. The van der Waals surface area contributed by atoms with Crippen LogP contribution in [0.3, 0.4) is 0 Å². The molecule has 90 valence electrons. The van der Waals surface area contributed by atoms with Crippen molar-refractivity contribution in [2.75, 3.05) is 17.4 Å². The fourth-order valence-corrected chi connectivity index (χ4v) is 1.77. The molecular weight excluding hydrogens is 200 g/mol. The Labute approximate surface area is 97.8 Å². The lowest BCUT2D eigenvalue weighted by Crippen LogP contribution is -2.30. The molecule has 3 N–H and O–H groups in total. The number of nitrogens with two attached hydrogens (primary N) is 1. The van der Waals surface area contributed by atoms with Gasteiger partial charge in [-0.25, -0.2) is 10.8 Å². The van der Waals surface area contributed by atoms with Crippen LogP contribution < -0.4 is 16.2 Å². The van der Waals surface area contributed by atoms with E-state index in [1.54, 1.807) is 0 Å². The average molecular weight is 222 g/mol. The van der Waals surface area contributed by atoms with E-state index in [0.717, 1.165) is 12.2 Å². The lowest BCUT2D eigenvalue weighted by Gasteiger charge is -2.27. The third-order valence-electron chi connectivity index (χ3n) is 2.72. The van der Waals surface area contributed by atoms with Gasteiger partial charge in [0.15, 0.2) is 0 Å². The van der Waals surface area contributed by atoms with Crippen LogP contribution in [0, 0.1) is 5.92 Å². The molecule has 0 saturated heterocycles. The summed E-state index contributed by atoms with van der Waals surface area (Å²) in [6.45, 7) is 6.68. The van der Waals surface area contributed by atoms with Gasteiger partial charge in [-0.15, -0.1) is 0 Å². The van der Waals surface area contributed by atoms with E-state index in [2.05, 4.69) is 43.1 Å². The highest BCUT2D eigenvalue weighted by Crippen LogP contribution is 2.18. The summed E-state index contributed by atoms with van der Waals surface area (Å²) < 4.78 is 0. The molecule has 1 aromatic rings. The second-order valence-corrected chi connectivity index (χ2v) is 4.61. The van der Waals surface area contributed by atoms with Gasteiger partial charge in [-0.2, -0.15) is 0 Å². The monoisotopic (exact) mass is 222 g/mol. The number of nitrogens with zero attached hydrogens (tertiary/aromatic N) is 2. The summed E-state index contributed by atoms with van der Waals surface area (Å²) in [6.07, 6.45) is 1.15. The molecule has 0 bridgehead atoms. The third-order valence-corrected chi connectivity index (χ3v) is 2.72. The zero-order chi connectivity index (χ0) is 12.1. The van der Waals surface area contributed by atoms with Crippen LogP contribution in [0.5, 0.6) is 0 Å². The quantitative estimate of drug-likeness (QED) is 0.592. The van der Waals surface area contributed by atoms with Gasteiger partial charge in [0, 0.05) is 13.1 Å². The minimum absolute atomic E-state index is 0.473. The number of rotatable bonds is 5. The van der Waals surface area contributed by atoms with Gasteiger partial charge in [-0.05, 0) is 31.4 Å². The maximum Gasteiger partial charge on any atom is 0.142 e. The average Bonchev–Trinajstić information content (AvgIpc) is 2.27. The predicted molar refractivity (Wildman–Crippen MR) is 69.4 cm³/mol. The number of hydrogen-bond acceptors (Lipinski definition) is 4. The van der Waals surface area contributed by atoms with Crippen LogP contribution >= 0.6 is 0 Å². The Morgan fingerprint density at radius 3 is 2.62 bits per heavy atom. The van der Waals surface area contributed by atoms with Crippen molar-refractivity contribution >= 4 is 11.6 Å². The molecule has 0 saturated carbocycles. The first kappa shape index (κ1) is 12.8. The van der Waals surface area contributed by atoms with E-state index < -0.39 is 0 Å². The molecule has 0 aliphatic heterocycles. The minimum Gasteiger partial charge on any atom is -0.357 e. The highest BCUT2D eigenvalue weighted by molar-refractivity contribution is 5.46. The van der Waals surface area contributed by atoms with Crippen LogP contribution in [0.25, 0.3) is 0 Å². The third kappa shape index (κ3) is 3.38. The number of nitrogens with one attached hydrogen (secondary N) is 1. The predicted octanol–water partition coefficient (Wildman–Crippen LogP) is 2.24. The van der Waals surface area contributed by atoms with Gasteiger partial charge in [0.25, 0.3) is 0 Å². The molecule has 4 heteroatoms. The van der Waals surface area contributed by atoms with E-state index in [9.17, 15) is 0 Å². The van der Waals surface area contributed by atoms with Crippen molar-refractivity contribution in [2.45, 2.75) is 33.2 Å². The molecule has 0 radical (unpaired) electrons. The van der Waals surface area contributed by atoms with Crippen molar-refractivity contribution in [1.29, 1.82) is 0 Å². The van der Waals surface area contributed by atoms with Crippen LogP contribution in [0.15, 0.2) is 18.2 Å². The first-order chi connectivity index (χ1) is 7.54. The van der Waals surface area contributed by atoms with Crippen molar-refractivity contribution < 1.29 is 0 Å². The maximum atomic E-state index is 5.34. The Bertz CT molecular complexity index is 325. The molecule has 0 aliphatic carbocycles. The zero-order valence-electron chi connectivity index (χ0n) is 10.6. The van der Waals surface area contributed by atoms with Crippen molar-refractivity contribution in [3.8, 4) is 0 Å². The first-order valence-electron chi connectivity index (χ1n) is 5.71. The summed E-state index contributed by atoms with van der Waals surface area (Å²) in [4.78, 5) is 6.59. The number of pyridine rings is 1. The van der Waals surface area contributed by atoms with Crippen LogP contribution in [-0.4, -0.2) is 18.1 Å². The van der Waals surface area contributed by atoms with Gasteiger partial charge < -0.3 is 10.3 Å². The molecule has 1 aromatic heterocycles. The van der Waals surface area contributed by atoms with Gasteiger partial charge in [-0.1, -0.05) is 19.9 Å². The number of aromatic nitrogens is 1. The van der Waals surface area contributed by atoms with E-state index in [4.69, 9.17) is 5.84 Å². The maximum absolute atomic E-state index is 5.34. The van der Waals surface area contributed by atoms with Gasteiger partial charge >= 0.3 is 0 Å². The molecule has 4 nitrogen and oxygen atoms in total. The molecule has 0 spiro atoms. The molecule has 1 heterocycles. The SMILES string of the molecule is CC(C)CC(C)N(C)c1cccc(NN)n1. The smallest absolute Gasteiger partial charge is 0.142 e. The van der Waals surface area contributed by atoms with Crippen molar-refractivity contribution in [1.82, 2.24) is 4.98 Å². The fourth-order valence-electron chi connectivity index (χ4n) is 1.77. The van der Waals surface area contributed by atoms with Crippen LogP contribution in [0.2, 0.25) is 0 Å². The largest absolute Gasteiger partial charge is 0.357 e. The number of hydrazine groups is 1. The van der Waals surface area contributed by atoms with E-state index in [-0.39, 0.29) is 0 Å². The summed E-state index contributed by atoms with van der Waals surface area (Å²) in [7, 11) is 2.07. The van der Waals surface area contributed by atoms with Gasteiger partial charge in [0.2, 0.25) is 0 Å². The molecule has 1 atom stereocenters. The number of hydrogen-bond donors (Lipinski definition) is 2. The Kier molecular flexibility index (Phi) is 4.55. The summed E-state index contributed by atoms with van der Waals surface area (Å²) in [5, 5.41) is 0. The van der Waals surface area contributed by atoms with Gasteiger partial charge in [-0.3, -0.25) is 0 Å². The summed E-state index contributed by atoms with van der Waals surface area (Å²) >= 11 is 0. The Hall–Kier alpha value is -1.29. The summed E-state index contributed by atoms with van der Waals surface area (Å²) in [5.74, 6) is 7.68. The molecular formula is C12H22N4. The zero-order valence-corrected chi connectivity index (χ0v) is 10.6. The second-order valence-electron chi connectivity index (χ2n) is 4.61. The highest BCUT2D eigenvalue weighted by Gasteiger charge is 2.12. The van der Waals surface area contributed by atoms with Gasteiger partial charge in [0.05, 0.1) is 0 Å². The standard InChI is InChI=1S/C12H22N4/c1-9(2)8-10(3)16(4)12-7-5-6-11(14-12)15-13/h5-7,9-10H,8,13H2,1-4H3,(H,14,15). The molecule has 1 unspecified atom stereocenters. The van der Waals surface area contributed by atoms with Crippen molar-refractivity contribution in [3.63, 3.8) is 0 Å². The van der Waals surface area contributed by atoms with E-state index in [0.29, 0.717) is 17.8 Å². The molecule has 16 heavy (non-hydrogen) atoms. The number of anilines is 2. The normalized spacial score (nSPS) is 12.6. The second kappa shape index (κ2) is 5.70. The first-order valence-corrected chi connectivity index (χ1v) is 5.71. The molecule has 0 fully saturated rings. The molecule has 0 amide bonds. The van der Waals surface area contributed by atoms with Crippen LogP contribution in [0.4, 0.5) is 11.6 Å². The number of nitrogen functional groups attached to an aromatic ring is 1. The highest BCUT2D eigenvalue weighted by atomic mass is 15.3. The molecule has 0 aromatic carbocycles. The van der Waals surface area contributed by atoms with Crippen LogP contribution in [-0.2, 0) is 0 Å². The fraction of sp³-hybridized carbons (Fsp3) is 0.583. The molecule has 0 aliphatic rings. The lowest BCUT2D eigenvalue weighted by molar-refractivity contribution is 0.502. The van der Waals surface area contributed by atoms with E-state index in [1.807, 2.05) is 18.2 Å². The lowest BCUT2D eigenvalue weighted by atomic mass is 10.0. The van der Waals surface area contributed by atoms with Crippen molar-refractivity contribution in [3.05, 3.63) is 18.2 Å². The Balaban J connectivity index is 2.74. The van der Waals surface area contributed by atoms with Gasteiger partial charge in [0.1, 0.15) is 11.6 Å². The molecule has 1 rings (SSSR count). The Morgan fingerprint density at radius 1 is 1.38 bits per heavy atom. The summed E-state index contributed by atoms with van der Waals surface area (Å²) in [5.41, 5.74) is 2.56. The van der Waals surface area contributed by atoms with Crippen molar-refractivity contribution in [2.24, 2.45) is 11.8 Å². The minimum atomic E-state index is 0.473. The Morgan fingerprint density at radius 2 is 2.06 bits per heavy atom. The van der Waals surface area contributed by atoms with Crippen LogP contribution in [0.1, 0.15) is 27.2 Å². The van der Waals surface area contributed by atoms with E-state index >= 15 is 0 Å². The topological polar surface area (TPSA) is 54.2 Å².